The number of halogens is 3. The standard InChI is InChI=1S/C12H12Cl3N3/c1-7(18-6-10-16-4-5-17-10)8-2-3-9(13)12(15)11(8)14/h2-5,7,18H,6H2,1H3,(H,16,17). The fourth-order valence-corrected chi connectivity index (χ4v) is 2.34. The van der Waals surface area contributed by atoms with E-state index < -0.39 is 0 Å². The molecule has 0 spiro atoms. The number of H-pyrrole nitrogens is 1. The van der Waals surface area contributed by atoms with Gasteiger partial charge < -0.3 is 10.3 Å². The summed E-state index contributed by atoms with van der Waals surface area (Å²) in [6.45, 7) is 2.64. The molecule has 2 rings (SSSR count). The predicted molar refractivity (Wildman–Crippen MR) is 75.3 cm³/mol. The molecule has 18 heavy (non-hydrogen) atoms. The molecule has 0 aliphatic rings. The molecule has 0 saturated carbocycles. The second-order valence-electron chi connectivity index (χ2n) is 3.90. The van der Waals surface area contributed by atoms with Crippen LogP contribution in [0.1, 0.15) is 24.4 Å². The van der Waals surface area contributed by atoms with Gasteiger partial charge in [0.25, 0.3) is 0 Å². The molecule has 3 nitrogen and oxygen atoms in total. The van der Waals surface area contributed by atoms with Gasteiger partial charge in [0, 0.05) is 18.4 Å². The van der Waals surface area contributed by atoms with Crippen molar-refractivity contribution in [1.29, 1.82) is 0 Å². The summed E-state index contributed by atoms with van der Waals surface area (Å²) in [7, 11) is 0. The van der Waals surface area contributed by atoms with Gasteiger partial charge in [0.15, 0.2) is 0 Å². The molecule has 0 aliphatic heterocycles. The molecule has 1 aromatic carbocycles. The highest BCUT2D eigenvalue weighted by Crippen LogP contribution is 2.35. The zero-order chi connectivity index (χ0) is 13.1. The van der Waals surface area contributed by atoms with Crippen LogP contribution in [0.5, 0.6) is 0 Å². The van der Waals surface area contributed by atoms with E-state index in [2.05, 4.69) is 15.3 Å². The largest absolute Gasteiger partial charge is 0.348 e. The maximum Gasteiger partial charge on any atom is 0.120 e. The second-order valence-corrected chi connectivity index (χ2v) is 5.07. The first-order chi connectivity index (χ1) is 8.59. The predicted octanol–water partition coefficient (Wildman–Crippen LogP) is 4.22. The lowest BCUT2D eigenvalue weighted by Crippen LogP contribution is -2.19. The monoisotopic (exact) mass is 303 g/mol. The van der Waals surface area contributed by atoms with Gasteiger partial charge in [-0.1, -0.05) is 40.9 Å². The molecule has 1 aromatic heterocycles. The number of benzene rings is 1. The maximum absolute atomic E-state index is 6.17. The third-order valence-corrected chi connectivity index (χ3v) is 3.97. The highest BCUT2D eigenvalue weighted by Gasteiger charge is 2.14. The van der Waals surface area contributed by atoms with Crippen LogP contribution in [0.15, 0.2) is 24.5 Å². The van der Waals surface area contributed by atoms with Crippen LogP contribution in [0.25, 0.3) is 0 Å². The van der Waals surface area contributed by atoms with E-state index in [4.69, 9.17) is 34.8 Å². The van der Waals surface area contributed by atoms with Crippen LogP contribution in [-0.4, -0.2) is 9.97 Å². The molecule has 0 bridgehead atoms. The van der Waals surface area contributed by atoms with Gasteiger partial charge in [-0.25, -0.2) is 4.98 Å². The average Bonchev–Trinajstić information content (AvgIpc) is 2.86. The van der Waals surface area contributed by atoms with Gasteiger partial charge in [-0.15, -0.1) is 0 Å². The highest BCUT2D eigenvalue weighted by atomic mass is 35.5. The van der Waals surface area contributed by atoms with Gasteiger partial charge in [0.1, 0.15) is 5.82 Å². The lowest BCUT2D eigenvalue weighted by Gasteiger charge is -2.16. The summed E-state index contributed by atoms with van der Waals surface area (Å²) < 4.78 is 0. The Kier molecular flexibility index (Phi) is 4.51. The Morgan fingerprint density at radius 3 is 2.72 bits per heavy atom. The molecule has 1 heterocycles. The number of nitrogens with zero attached hydrogens (tertiary/aromatic N) is 1. The third-order valence-electron chi connectivity index (χ3n) is 2.66. The van der Waals surface area contributed by atoms with E-state index in [1.165, 1.54) is 0 Å². The first kappa shape index (κ1) is 13.7. The quantitative estimate of drug-likeness (QED) is 0.830. The lowest BCUT2D eigenvalue weighted by atomic mass is 10.1. The Balaban J connectivity index is 2.09. The van der Waals surface area contributed by atoms with Crippen molar-refractivity contribution in [2.75, 3.05) is 0 Å². The number of aromatic amines is 1. The Hall–Kier alpha value is -0.740. The molecule has 1 atom stereocenters. The zero-order valence-corrected chi connectivity index (χ0v) is 11.9. The summed E-state index contributed by atoms with van der Waals surface area (Å²) in [6, 6.07) is 3.67. The molecule has 0 amide bonds. The number of nitrogens with one attached hydrogen (secondary N) is 2. The SMILES string of the molecule is CC(NCc1ncc[nH]1)c1ccc(Cl)c(Cl)c1Cl. The van der Waals surface area contributed by atoms with Crippen LogP contribution in [0, 0.1) is 0 Å². The minimum Gasteiger partial charge on any atom is -0.348 e. The minimum atomic E-state index is 0.0531. The van der Waals surface area contributed by atoms with E-state index in [0.29, 0.717) is 21.6 Å². The van der Waals surface area contributed by atoms with Gasteiger partial charge in [-0.05, 0) is 18.6 Å². The smallest absolute Gasteiger partial charge is 0.120 e. The van der Waals surface area contributed by atoms with Gasteiger partial charge in [0.05, 0.1) is 21.6 Å². The van der Waals surface area contributed by atoms with Crippen molar-refractivity contribution >= 4 is 34.8 Å². The summed E-state index contributed by atoms with van der Waals surface area (Å²) in [5.74, 6) is 0.873. The van der Waals surface area contributed by atoms with Gasteiger partial charge in [0.2, 0.25) is 0 Å². The maximum atomic E-state index is 6.17. The van der Waals surface area contributed by atoms with Gasteiger partial charge in [-0.3, -0.25) is 0 Å². The van der Waals surface area contributed by atoms with Crippen LogP contribution < -0.4 is 5.32 Å². The van der Waals surface area contributed by atoms with Crippen molar-refractivity contribution in [3.05, 3.63) is 51.0 Å². The fourth-order valence-electron chi connectivity index (χ4n) is 1.63. The Labute approximate surface area is 120 Å². The van der Waals surface area contributed by atoms with Crippen molar-refractivity contribution in [2.45, 2.75) is 19.5 Å². The van der Waals surface area contributed by atoms with Crippen LogP contribution in [0.2, 0.25) is 15.1 Å². The molecule has 0 aliphatic carbocycles. The normalized spacial score (nSPS) is 12.7. The van der Waals surface area contributed by atoms with Crippen LogP contribution in [0.3, 0.4) is 0 Å². The fraction of sp³-hybridized carbons (Fsp3) is 0.250. The van der Waals surface area contributed by atoms with Crippen LogP contribution >= 0.6 is 34.8 Å². The molecule has 6 heteroatoms. The van der Waals surface area contributed by atoms with E-state index in [1.54, 1.807) is 18.5 Å². The third kappa shape index (κ3) is 2.98. The first-order valence-corrected chi connectivity index (χ1v) is 6.58. The number of hydrogen-bond donors (Lipinski definition) is 2. The number of hydrogen-bond acceptors (Lipinski definition) is 2. The van der Waals surface area contributed by atoms with E-state index >= 15 is 0 Å². The van der Waals surface area contributed by atoms with Crippen molar-refractivity contribution in [2.24, 2.45) is 0 Å². The number of aromatic nitrogens is 2. The van der Waals surface area contributed by atoms with E-state index in [-0.39, 0.29) is 6.04 Å². The molecule has 96 valence electrons. The minimum absolute atomic E-state index is 0.0531. The summed E-state index contributed by atoms with van der Waals surface area (Å²) in [6.07, 6.45) is 3.50. The second kappa shape index (κ2) is 5.93. The van der Waals surface area contributed by atoms with Crippen molar-refractivity contribution in [3.63, 3.8) is 0 Å². The zero-order valence-electron chi connectivity index (χ0n) is 9.67. The molecule has 2 aromatic rings. The summed E-state index contributed by atoms with van der Waals surface area (Å²) in [5.41, 5.74) is 0.914. The van der Waals surface area contributed by atoms with Gasteiger partial charge >= 0.3 is 0 Å². The molecule has 2 N–H and O–H groups in total. The van der Waals surface area contributed by atoms with E-state index in [9.17, 15) is 0 Å². The van der Waals surface area contributed by atoms with Crippen molar-refractivity contribution < 1.29 is 0 Å². The molecular formula is C12H12Cl3N3. The average molecular weight is 305 g/mol. The van der Waals surface area contributed by atoms with Crippen molar-refractivity contribution in [1.82, 2.24) is 15.3 Å². The molecule has 1 unspecified atom stereocenters. The van der Waals surface area contributed by atoms with E-state index in [1.807, 2.05) is 13.0 Å². The molecule has 0 fully saturated rings. The Morgan fingerprint density at radius 2 is 2.06 bits per heavy atom. The Morgan fingerprint density at radius 1 is 1.28 bits per heavy atom. The van der Waals surface area contributed by atoms with Crippen molar-refractivity contribution in [3.8, 4) is 0 Å². The van der Waals surface area contributed by atoms with E-state index in [0.717, 1.165) is 11.4 Å². The lowest BCUT2D eigenvalue weighted by molar-refractivity contribution is 0.562. The molecule has 0 saturated heterocycles. The number of imidazole rings is 1. The molecular weight excluding hydrogens is 293 g/mol. The Bertz CT molecular complexity index is 526. The van der Waals surface area contributed by atoms with Crippen LogP contribution in [-0.2, 0) is 6.54 Å². The summed E-state index contributed by atoms with van der Waals surface area (Å²) in [4.78, 5) is 7.16. The summed E-state index contributed by atoms with van der Waals surface area (Å²) in [5, 5.41) is 4.65. The van der Waals surface area contributed by atoms with Crippen LogP contribution in [0.4, 0.5) is 0 Å². The highest BCUT2D eigenvalue weighted by molar-refractivity contribution is 6.48. The number of rotatable bonds is 4. The van der Waals surface area contributed by atoms with Gasteiger partial charge in [-0.2, -0.15) is 0 Å². The molecule has 0 radical (unpaired) electrons. The summed E-state index contributed by atoms with van der Waals surface area (Å²) >= 11 is 18.1. The topological polar surface area (TPSA) is 40.7 Å². The first-order valence-electron chi connectivity index (χ1n) is 5.44.